The van der Waals surface area contributed by atoms with Crippen LogP contribution >= 0.6 is 0 Å². The quantitative estimate of drug-likeness (QED) is 0.302. The molecule has 28 heavy (non-hydrogen) atoms. The van der Waals surface area contributed by atoms with Crippen LogP contribution in [0.5, 0.6) is 0 Å². The van der Waals surface area contributed by atoms with Gasteiger partial charge >= 0.3 is 5.97 Å². The summed E-state index contributed by atoms with van der Waals surface area (Å²) in [6.45, 7) is 2.15. The summed E-state index contributed by atoms with van der Waals surface area (Å²) >= 11 is 0. The number of rotatable bonds is 8. The number of hydrogen-bond acceptors (Lipinski definition) is 5. The van der Waals surface area contributed by atoms with E-state index in [9.17, 15) is 19.7 Å². The van der Waals surface area contributed by atoms with Crippen molar-refractivity contribution in [3.8, 4) is 0 Å². The van der Waals surface area contributed by atoms with E-state index in [1.54, 1.807) is 7.05 Å². The van der Waals surface area contributed by atoms with E-state index in [1.807, 2.05) is 24.3 Å². The maximum atomic E-state index is 12.1. The van der Waals surface area contributed by atoms with Gasteiger partial charge in [0.05, 0.1) is 4.92 Å². The zero-order valence-electron chi connectivity index (χ0n) is 15.8. The Bertz CT molecular complexity index is 857. The van der Waals surface area contributed by atoms with Crippen molar-refractivity contribution in [1.29, 1.82) is 0 Å². The highest BCUT2D eigenvalue weighted by Crippen LogP contribution is 2.13. The molecule has 0 aliphatic heterocycles. The fraction of sp³-hybridized carbons (Fsp3) is 0.238. The molecule has 0 bridgehead atoms. The third kappa shape index (κ3) is 6.35. The number of carbonyl (C=O) groups is 2. The summed E-state index contributed by atoms with van der Waals surface area (Å²) in [5, 5.41) is 10.6. The van der Waals surface area contributed by atoms with Gasteiger partial charge in [-0.1, -0.05) is 31.2 Å². The molecule has 0 radical (unpaired) electrons. The van der Waals surface area contributed by atoms with Crippen molar-refractivity contribution in [2.75, 3.05) is 13.7 Å². The first kappa shape index (κ1) is 20.8. The lowest BCUT2D eigenvalue weighted by Gasteiger charge is -2.17. The molecule has 1 amide bonds. The molecule has 0 saturated carbocycles. The fourth-order valence-electron chi connectivity index (χ4n) is 2.41. The summed E-state index contributed by atoms with van der Waals surface area (Å²) in [6.07, 6.45) is 3.60. The predicted molar refractivity (Wildman–Crippen MR) is 105 cm³/mol. The minimum atomic E-state index is -0.660. The number of ether oxygens (including phenoxy) is 1. The Kier molecular flexibility index (Phi) is 7.45. The van der Waals surface area contributed by atoms with Crippen LogP contribution in [0.4, 0.5) is 5.69 Å². The minimum Gasteiger partial charge on any atom is -0.452 e. The fourth-order valence-corrected chi connectivity index (χ4v) is 2.41. The molecule has 0 saturated heterocycles. The molecule has 2 rings (SSSR count). The van der Waals surface area contributed by atoms with Gasteiger partial charge in [0.25, 0.3) is 11.6 Å². The van der Waals surface area contributed by atoms with Crippen molar-refractivity contribution in [3.63, 3.8) is 0 Å². The Morgan fingerprint density at radius 1 is 1.07 bits per heavy atom. The van der Waals surface area contributed by atoms with Crippen LogP contribution in [0.15, 0.2) is 54.6 Å². The first-order valence-electron chi connectivity index (χ1n) is 8.80. The molecule has 0 aliphatic rings. The lowest BCUT2D eigenvalue weighted by atomic mass is 10.1. The molecule has 0 N–H and O–H groups in total. The van der Waals surface area contributed by atoms with Gasteiger partial charge in [0, 0.05) is 31.8 Å². The van der Waals surface area contributed by atoms with E-state index >= 15 is 0 Å². The molecule has 0 fully saturated rings. The Balaban J connectivity index is 1.80. The zero-order chi connectivity index (χ0) is 20.5. The molecule has 2 aromatic rings. The number of nitro benzene ring substituents is 1. The third-order valence-electron chi connectivity index (χ3n) is 4.13. The Morgan fingerprint density at radius 2 is 1.68 bits per heavy atom. The zero-order valence-corrected chi connectivity index (χ0v) is 15.8. The van der Waals surface area contributed by atoms with Crippen LogP contribution < -0.4 is 0 Å². The predicted octanol–water partition coefficient (Wildman–Crippen LogP) is 3.37. The average Bonchev–Trinajstić information content (AvgIpc) is 2.71. The molecule has 2 aromatic carbocycles. The van der Waals surface area contributed by atoms with Crippen molar-refractivity contribution >= 4 is 23.6 Å². The number of nitrogens with zero attached hydrogens (tertiary/aromatic N) is 2. The van der Waals surface area contributed by atoms with Gasteiger partial charge in [-0.25, -0.2) is 4.79 Å². The Morgan fingerprint density at radius 3 is 2.25 bits per heavy atom. The van der Waals surface area contributed by atoms with Crippen LogP contribution in [0.3, 0.4) is 0 Å². The topological polar surface area (TPSA) is 89.8 Å². The van der Waals surface area contributed by atoms with E-state index in [4.69, 9.17) is 4.74 Å². The van der Waals surface area contributed by atoms with Crippen LogP contribution in [-0.2, 0) is 27.3 Å². The van der Waals surface area contributed by atoms with E-state index in [0.717, 1.165) is 12.0 Å². The summed E-state index contributed by atoms with van der Waals surface area (Å²) in [6, 6.07) is 13.7. The van der Waals surface area contributed by atoms with Gasteiger partial charge in [0.1, 0.15) is 0 Å². The highest BCUT2D eigenvalue weighted by atomic mass is 16.6. The molecule has 0 spiro atoms. The first-order chi connectivity index (χ1) is 13.4. The monoisotopic (exact) mass is 382 g/mol. The molecule has 0 atom stereocenters. The lowest BCUT2D eigenvalue weighted by molar-refractivity contribution is -0.384. The summed E-state index contributed by atoms with van der Waals surface area (Å²) in [5.41, 5.74) is 2.81. The van der Waals surface area contributed by atoms with Gasteiger partial charge in [-0.15, -0.1) is 0 Å². The Hall–Kier alpha value is -3.48. The van der Waals surface area contributed by atoms with Gasteiger partial charge in [-0.2, -0.15) is 0 Å². The summed E-state index contributed by atoms with van der Waals surface area (Å²) in [5.74, 6) is -0.968. The number of benzene rings is 2. The number of aryl methyl sites for hydroxylation is 1. The number of likely N-dealkylation sites (N-methyl/N-ethyl adjacent to an activating group) is 1. The molecule has 146 valence electrons. The van der Waals surface area contributed by atoms with E-state index in [0.29, 0.717) is 12.1 Å². The molecule has 0 aliphatic carbocycles. The van der Waals surface area contributed by atoms with Crippen LogP contribution in [0.25, 0.3) is 6.08 Å². The smallest absolute Gasteiger partial charge is 0.331 e. The van der Waals surface area contributed by atoms with Crippen LogP contribution in [0, 0.1) is 10.1 Å². The van der Waals surface area contributed by atoms with Crippen LogP contribution in [-0.4, -0.2) is 35.4 Å². The number of hydrogen-bond donors (Lipinski definition) is 0. The number of esters is 1. The van der Waals surface area contributed by atoms with E-state index in [2.05, 4.69) is 6.92 Å². The number of non-ortho nitro benzene ring substituents is 1. The number of amides is 1. The molecular weight excluding hydrogens is 360 g/mol. The van der Waals surface area contributed by atoms with Crippen molar-refractivity contribution in [1.82, 2.24) is 4.90 Å². The number of carbonyl (C=O) groups excluding carboxylic acids is 2. The van der Waals surface area contributed by atoms with Gasteiger partial charge in [-0.3, -0.25) is 14.9 Å². The second-order valence-corrected chi connectivity index (χ2v) is 6.21. The second-order valence-electron chi connectivity index (χ2n) is 6.21. The maximum Gasteiger partial charge on any atom is 0.331 e. The van der Waals surface area contributed by atoms with Crippen molar-refractivity contribution in [2.24, 2.45) is 0 Å². The first-order valence-corrected chi connectivity index (χ1v) is 8.80. The molecule has 0 unspecified atom stereocenters. The average molecular weight is 382 g/mol. The largest absolute Gasteiger partial charge is 0.452 e. The van der Waals surface area contributed by atoms with E-state index in [-0.39, 0.29) is 18.2 Å². The van der Waals surface area contributed by atoms with Crippen molar-refractivity contribution in [3.05, 3.63) is 81.4 Å². The molecule has 7 heteroatoms. The highest BCUT2D eigenvalue weighted by molar-refractivity contribution is 5.89. The summed E-state index contributed by atoms with van der Waals surface area (Å²) in [7, 11) is 1.65. The summed E-state index contributed by atoms with van der Waals surface area (Å²) in [4.78, 5) is 35.5. The highest BCUT2D eigenvalue weighted by Gasteiger charge is 2.11. The Labute approximate surface area is 163 Å². The normalized spacial score (nSPS) is 10.6. The molecular formula is C21H22N2O5. The summed E-state index contributed by atoms with van der Waals surface area (Å²) < 4.78 is 4.96. The van der Waals surface area contributed by atoms with E-state index in [1.165, 1.54) is 46.9 Å². The third-order valence-corrected chi connectivity index (χ3v) is 4.13. The SMILES string of the molecule is CCc1ccc(CN(C)C(=O)COC(=O)/C=C/c2ccc([N+](=O)[O-])cc2)cc1. The standard InChI is InChI=1S/C21H22N2O5/c1-3-16-4-6-18(7-5-16)14-22(2)20(24)15-28-21(25)13-10-17-8-11-19(12-9-17)23(26)27/h4-13H,3,14-15H2,1-2H3/b13-10+. The van der Waals surface area contributed by atoms with Gasteiger partial charge < -0.3 is 9.64 Å². The van der Waals surface area contributed by atoms with Gasteiger partial charge in [0.15, 0.2) is 6.61 Å². The molecule has 7 nitrogen and oxygen atoms in total. The van der Waals surface area contributed by atoms with Crippen LogP contribution in [0.1, 0.15) is 23.6 Å². The van der Waals surface area contributed by atoms with Crippen LogP contribution in [0.2, 0.25) is 0 Å². The number of nitro groups is 1. The second kappa shape index (κ2) is 10.0. The maximum absolute atomic E-state index is 12.1. The van der Waals surface area contributed by atoms with Crippen molar-refractivity contribution in [2.45, 2.75) is 19.9 Å². The van der Waals surface area contributed by atoms with Gasteiger partial charge in [-0.05, 0) is 41.3 Å². The molecule has 0 aromatic heterocycles. The van der Waals surface area contributed by atoms with Crippen molar-refractivity contribution < 1.29 is 19.2 Å². The van der Waals surface area contributed by atoms with Gasteiger partial charge in [0.2, 0.25) is 0 Å². The van der Waals surface area contributed by atoms with E-state index < -0.39 is 10.9 Å². The molecule has 0 heterocycles. The minimum absolute atomic E-state index is 0.0299. The lowest BCUT2D eigenvalue weighted by Crippen LogP contribution is -2.30.